The maximum atomic E-state index is 3.89. The maximum Gasteiger partial charge on any atom is 0.0968 e. The fraction of sp³-hybridized carbons (Fsp3) is 0.905. The average Bonchev–Trinajstić information content (AvgIpc) is 2.52. The fourth-order valence-electron chi connectivity index (χ4n) is 3.20. The van der Waals surface area contributed by atoms with Gasteiger partial charge in [0.25, 0.3) is 0 Å². The molecular formula is C21H44ClN. The molecule has 0 amide bonds. The van der Waals surface area contributed by atoms with Crippen LogP contribution in [0, 0.1) is 0 Å². The summed E-state index contributed by atoms with van der Waals surface area (Å²) in [5.74, 6) is 0. The van der Waals surface area contributed by atoms with E-state index in [0.717, 1.165) is 6.54 Å². The highest BCUT2D eigenvalue weighted by Crippen LogP contribution is 2.13. The second kappa shape index (κ2) is 18.3. The van der Waals surface area contributed by atoms with Crippen molar-refractivity contribution in [2.24, 2.45) is 0 Å². The van der Waals surface area contributed by atoms with Crippen molar-refractivity contribution in [3.63, 3.8) is 0 Å². The van der Waals surface area contributed by atoms with Crippen molar-refractivity contribution in [3.8, 4) is 0 Å². The second-order valence-electron chi connectivity index (χ2n) is 7.37. The molecule has 0 N–H and O–H groups in total. The first-order valence-corrected chi connectivity index (χ1v) is 10.1. The highest BCUT2D eigenvalue weighted by molar-refractivity contribution is 4.65. The van der Waals surface area contributed by atoms with Gasteiger partial charge in [-0.15, -0.1) is 0 Å². The summed E-state index contributed by atoms with van der Waals surface area (Å²) in [6.07, 6.45) is 20.8. The van der Waals surface area contributed by atoms with E-state index in [0.29, 0.717) is 0 Å². The second-order valence-corrected chi connectivity index (χ2v) is 7.37. The summed E-state index contributed by atoms with van der Waals surface area (Å²) in [5.41, 5.74) is 0. The molecule has 140 valence electrons. The molecule has 0 saturated heterocycles. The van der Waals surface area contributed by atoms with Crippen LogP contribution in [0.15, 0.2) is 12.7 Å². The Hall–Kier alpha value is -0.0100. The zero-order valence-electron chi connectivity index (χ0n) is 16.4. The van der Waals surface area contributed by atoms with E-state index in [-0.39, 0.29) is 12.4 Å². The highest BCUT2D eigenvalue weighted by Gasteiger charge is 2.15. The molecule has 23 heavy (non-hydrogen) atoms. The summed E-state index contributed by atoms with van der Waals surface area (Å²) < 4.78 is 1.17. The molecule has 0 aromatic rings. The summed E-state index contributed by atoms with van der Waals surface area (Å²) in [5, 5.41) is 0. The van der Waals surface area contributed by atoms with E-state index in [2.05, 4.69) is 33.6 Å². The van der Waals surface area contributed by atoms with Gasteiger partial charge in [-0.3, -0.25) is 0 Å². The van der Waals surface area contributed by atoms with Crippen LogP contribution in [0.2, 0.25) is 0 Å². The van der Waals surface area contributed by atoms with Gasteiger partial charge in [-0.2, -0.15) is 0 Å². The monoisotopic (exact) mass is 345 g/mol. The van der Waals surface area contributed by atoms with E-state index in [1.165, 1.54) is 101 Å². The summed E-state index contributed by atoms with van der Waals surface area (Å²) in [6, 6.07) is 0. The summed E-state index contributed by atoms with van der Waals surface area (Å²) >= 11 is 0. The van der Waals surface area contributed by atoms with Crippen LogP contribution in [0.5, 0.6) is 0 Å². The molecule has 0 spiro atoms. The largest absolute Gasteiger partial charge is 1.00 e. The molecule has 0 aromatic heterocycles. The number of likely N-dealkylation sites (N-methyl/N-ethyl adjacent to an activating group) is 1. The molecule has 0 radical (unpaired) electrons. The first-order valence-electron chi connectivity index (χ1n) is 10.1. The minimum atomic E-state index is 0. The van der Waals surface area contributed by atoms with Crippen molar-refractivity contribution >= 4 is 0 Å². The third kappa shape index (κ3) is 16.6. The molecule has 0 bridgehead atoms. The van der Waals surface area contributed by atoms with Crippen LogP contribution in [0.25, 0.3) is 0 Å². The molecule has 0 aliphatic rings. The summed E-state index contributed by atoms with van der Waals surface area (Å²) in [6.45, 7) is 12.1. The number of rotatable bonds is 17. The third-order valence-corrected chi connectivity index (χ3v) is 5.13. The van der Waals surface area contributed by atoms with Crippen LogP contribution < -0.4 is 12.4 Å². The molecule has 1 atom stereocenters. The van der Waals surface area contributed by atoms with E-state index in [4.69, 9.17) is 0 Å². The van der Waals surface area contributed by atoms with Gasteiger partial charge in [-0.05, 0) is 25.8 Å². The normalized spacial score (nSPS) is 13.3. The van der Waals surface area contributed by atoms with Gasteiger partial charge in [-0.1, -0.05) is 84.1 Å². The molecule has 0 aliphatic carbocycles. The number of nitrogens with zero attached hydrogens (tertiary/aromatic N) is 1. The lowest BCUT2D eigenvalue weighted by atomic mass is 10.0. The van der Waals surface area contributed by atoms with Crippen LogP contribution >= 0.6 is 0 Å². The Bertz CT molecular complexity index is 242. The molecule has 2 heteroatoms. The van der Waals surface area contributed by atoms with Crippen molar-refractivity contribution in [3.05, 3.63) is 12.7 Å². The van der Waals surface area contributed by atoms with E-state index in [1.807, 2.05) is 0 Å². The molecule has 0 aliphatic heterocycles. The number of quaternary nitrogens is 1. The van der Waals surface area contributed by atoms with Gasteiger partial charge in [-0.25, -0.2) is 0 Å². The van der Waals surface area contributed by atoms with Gasteiger partial charge >= 0.3 is 0 Å². The van der Waals surface area contributed by atoms with Crippen molar-refractivity contribution in [1.29, 1.82) is 0 Å². The lowest BCUT2D eigenvalue weighted by Crippen LogP contribution is -3.00. The van der Waals surface area contributed by atoms with Crippen LogP contribution in [-0.2, 0) is 0 Å². The number of hydrogen-bond acceptors (Lipinski definition) is 0. The Morgan fingerprint density at radius 2 is 1.09 bits per heavy atom. The van der Waals surface area contributed by atoms with Gasteiger partial charge in [0.15, 0.2) is 0 Å². The van der Waals surface area contributed by atoms with Crippen LogP contribution in [0.1, 0.15) is 97.3 Å². The molecular weight excluding hydrogens is 302 g/mol. The van der Waals surface area contributed by atoms with Crippen molar-refractivity contribution in [2.75, 3.05) is 26.7 Å². The topological polar surface area (TPSA) is 0 Å². The van der Waals surface area contributed by atoms with Crippen molar-refractivity contribution < 1.29 is 16.9 Å². The molecule has 0 aromatic carbocycles. The quantitative estimate of drug-likeness (QED) is 0.214. The minimum absolute atomic E-state index is 0. The number of hydrogen-bond donors (Lipinski definition) is 0. The molecule has 1 unspecified atom stereocenters. The Morgan fingerprint density at radius 1 is 0.696 bits per heavy atom. The Morgan fingerprint density at radius 3 is 1.43 bits per heavy atom. The summed E-state index contributed by atoms with van der Waals surface area (Å²) in [7, 11) is 2.36. The van der Waals surface area contributed by atoms with E-state index < -0.39 is 0 Å². The van der Waals surface area contributed by atoms with E-state index in [9.17, 15) is 0 Å². The zero-order chi connectivity index (χ0) is 16.5. The predicted molar refractivity (Wildman–Crippen MR) is 102 cm³/mol. The van der Waals surface area contributed by atoms with Gasteiger partial charge in [0, 0.05) is 0 Å². The maximum absolute atomic E-state index is 3.89. The Balaban J connectivity index is 0. The van der Waals surface area contributed by atoms with Gasteiger partial charge in [0.1, 0.15) is 0 Å². The first kappa shape index (κ1) is 25.2. The predicted octanol–water partition coefficient (Wildman–Crippen LogP) is 3.73. The van der Waals surface area contributed by atoms with Crippen LogP contribution in [0.4, 0.5) is 0 Å². The van der Waals surface area contributed by atoms with E-state index in [1.54, 1.807) is 0 Å². The molecule has 0 fully saturated rings. The third-order valence-electron chi connectivity index (χ3n) is 5.13. The number of unbranched alkanes of at least 4 members (excludes halogenated alkanes) is 12. The molecule has 0 saturated carbocycles. The number of halogens is 1. The fourth-order valence-corrected chi connectivity index (χ4v) is 3.20. The Labute approximate surface area is 153 Å². The molecule has 0 heterocycles. The zero-order valence-corrected chi connectivity index (χ0v) is 17.2. The standard InChI is InChI=1S/C21H44N.ClH/c1-5-8-9-10-11-12-13-14-15-16-17-18-19-21-22(4,7-3)20-6-2;/h6H,2,5,7-21H2,1,3-4H3;1H/q+1;/p-1. The smallest absolute Gasteiger partial charge is 0.0968 e. The van der Waals surface area contributed by atoms with Crippen LogP contribution in [-0.4, -0.2) is 31.2 Å². The lowest BCUT2D eigenvalue weighted by molar-refractivity contribution is -0.902. The van der Waals surface area contributed by atoms with Gasteiger partial charge < -0.3 is 16.9 Å². The van der Waals surface area contributed by atoms with Gasteiger partial charge in [0.2, 0.25) is 0 Å². The lowest BCUT2D eigenvalue weighted by Gasteiger charge is -2.32. The average molecular weight is 346 g/mol. The first-order chi connectivity index (χ1) is 10.7. The SMILES string of the molecule is C=CC[N+](C)(CC)CCCCCCCCCCCCCCC.[Cl-]. The highest BCUT2D eigenvalue weighted by atomic mass is 35.5. The van der Waals surface area contributed by atoms with Gasteiger partial charge in [0.05, 0.1) is 26.7 Å². The summed E-state index contributed by atoms with van der Waals surface area (Å²) in [4.78, 5) is 0. The van der Waals surface area contributed by atoms with Crippen molar-refractivity contribution in [2.45, 2.75) is 97.3 Å². The van der Waals surface area contributed by atoms with Crippen LogP contribution in [0.3, 0.4) is 0 Å². The Kier molecular flexibility index (Phi) is 20.1. The molecule has 0 rings (SSSR count). The van der Waals surface area contributed by atoms with Crippen molar-refractivity contribution in [1.82, 2.24) is 0 Å². The molecule has 1 nitrogen and oxygen atoms in total. The minimum Gasteiger partial charge on any atom is -1.00 e. The van der Waals surface area contributed by atoms with E-state index >= 15 is 0 Å².